The number of hydrogen-bond acceptors (Lipinski definition) is 8. The topological polar surface area (TPSA) is 210 Å². The summed E-state index contributed by atoms with van der Waals surface area (Å²) in [5.41, 5.74) is 16.6. The maximum absolute atomic E-state index is 12.4. The maximum atomic E-state index is 12.4. The normalized spacial score (nSPS) is 14.4. The van der Waals surface area contributed by atoms with Crippen molar-refractivity contribution >= 4 is 23.8 Å². The molecule has 11 heteroatoms. The number of amides is 2. The molecule has 0 aliphatic heterocycles. The van der Waals surface area contributed by atoms with Crippen molar-refractivity contribution in [3.05, 3.63) is 0 Å². The predicted molar refractivity (Wildman–Crippen MR) is 86.1 cm³/mol. The number of carbonyl (C=O) groups is 4. The number of carboxylic acid groups (broad SMARTS) is 2. The number of hydrogen-bond donors (Lipinski definition) is 6. The predicted octanol–water partition coefficient (Wildman–Crippen LogP) is -2.56. The second-order valence-corrected chi connectivity index (χ2v) is 5.51. The zero-order chi connectivity index (χ0) is 19.6. The van der Waals surface area contributed by atoms with E-state index in [1.54, 1.807) is 0 Å². The molecule has 0 radical (unpaired) electrons. The Labute approximate surface area is 144 Å². The van der Waals surface area contributed by atoms with Crippen LogP contribution in [-0.2, 0) is 19.2 Å². The molecular formula is C14H26N4O7. The summed E-state index contributed by atoms with van der Waals surface area (Å²) >= 11 is 0. The van der Waals surface area contributed by atoms with Gasteiger partial charge in [0.05, 0.1) is 18.7 Å². The summed E-state index contributed by atoms with van der Waals surface area (Å²) in [5.74, 6) is -4.89. The molecule has 0 aromatic rings. The van der Waals surface area contributed by atoms with Crippen LogP contribution in [0.15, 0.2) is 0 Å². The number of imide groups is 1. The molecule has 0 fully saturated rings. The zero-order valence-electron chi connectivity index (χ0n) is 13.8. The fourth-order valence-corrected chi connectivity index (χ4v) is 2.08. The first-order valence-electron chi connectivity index (χ1n) is 7.80. The van der Waals surface area contributed by atoms with Gasteiger partial charge in [0.15, 0.2) is 6.04 Å². The van der Waals surface area contributed by atoms with Gasteiger partial charge in [-0.3, -0.25) is 19.3 Å². The molecule has 0 aliphatic carbocycles. The molecule has 144 valence electrons. The molecule has 25 heavy (non-hydrogen) atoms. The first kappa shape index (κ1) is 22.9. The molecule has 0 aromatic heterocycles. The van der Waals surface area contributed by atoms with Crippen molar-refractivity contribution in [2.75, 3.05) is 13.2 Å². The van der Waals surface area contributed by atoms with Crippen molar-refractivity contribution < 1.29 is 34.5 Å². The SMILES string of the molecule is NCCCC[C@H](N)C(=O)N(C(=O)[C@@H](N)CCC(=O)O)[C@@H](CO)C(=O)O. The van der Waals surface area contributed by atoms with Crippen LogP contribution in [-0.4, -0.2) is 75.2 Å². The van der Waals surface area contributed by atoms with Crippen LogP contribution in [0.4, 0.5) is 0 Å². The quantitative estimate of drug-likeness (QED) is 0.200. The van der Waals surface area contributed by atoms with Crippen molar-refractivity contribution in [2.24, 2.45) is 17.2 Å². The van der Waals surface area contributed by atoms with Crippen molar-refractivity contribution in [3.63, 3.8) is 0 Å². The van der Waals surface area contributed by atoms with Crippen LogP contribution >= 0.6 is 0 Å². The van der Waals surface area contributed by atoms with E-state index in [2.05, 4.69) is 0 Å². The van der Waals surface area contributed by atoms with Gasteiger partial charge in [-0.05, 0) is 25.8 Å². The average molecular weight is 362 g/mol. The van der Waals surface area contributed by atoms with Gasteiger partial charge < -0.3 is 32.5 Å². The van der Waals surface area contributed by atoms with Crippen molar-refractivity contribution in [1.82, 2.24) is 4.90 Å². The highest BCUT2D eigenvalue weighted by Crippen LogP contribution is 2.11. The second kappa shape index (κ2) is 11.5. The molecule has 9 N–H and O–H groups in total. The molecule has 3 atom stereocenters. The molecule has 11 nitrogen and oxygen atoms in total. The molecule has 0 bridgehead atoms. The number of nitrogens with two attached hydrogens (primary N) is 3. The number of unbranched alkanes of at least 4 members (excludes halogenated alkanes) is 1. The number of aliphatic hydroxyl groups excluding tert-OH is 1. The van der Waals surface area contributed by atoms with Crippen LogP contribution in [0.1, 0.15) is 32.1 Å². The maximum Gasteiger partial charge on any atom is 0.329 e. The Bertz CT molecular complexity index is 486. The van der Waals surface area contributed by atoms with Gasteiger partial charge in [0.25, 0.3) is 0 Å². The number of carbonyl (C=O) groups excluding carboxylic acids is 2. The Balaban J connectivity index is 5.33. The highest BCUT2D eigenvalue weighted by molar-refractivity contribution is 6.03. The molecule has 0 aliphatic rings. The number of aliphatic hydroxyl groups is 1. The minimum Gasteiger partial charge on any atom is -0.481 e. The smallest absolute Gasteiger partial charge is 0.329 e. The van der Waals surface area contributed by atoms with Gasteiger partial charge in [-0.25, -0.2) is 4.79 Å². The molecule has 0 aromatic carbocycles. The van der Waals surface area contributed by atoms with Crippen LogP contribution in [0.2, 0.25) is 0 Å². The summed E-state index contributed by atoms with van der Waals surface area (Å²) < 4.78 is 0. The number of carboxylic acids is 2. The molecule has 0 rings (SSSR count). The summed E-state index contributed by atoms with van der Waals surface area (Å²) in [6.07, 6.45) is 0.525. The Kier molecular flexibility index (Phi) is 10.5. The summed E-state index contributed by atoms with van der Waals surface area (Å²) in [4.78, 5) is 46.9. The van der Waals surface area contributed by atoms with E-state index in [4.69, 9.17) is 27.4 Å². The van der Waals surface area contributed by atoms with Crippen molar-refractivity contribution in [1.29, 1.82) is 0 Å². The van der Waals surface area contributed by atoms with Gasteiger partial charge in [-0.1, -0.05) is 6.42 Å². The van der Waals surface area contributed by atoms with Gasteiger partial charge in [0.2, 0.25) is 11.8 Å². The summed E-state index contributed by atoms with van der Waals surface area (Å²) in [7, 11) is 0. The molecule has 2 amide bonds. The monoisotopic (exact) mass is 362 g/mol. The number of nitrogens with zero attached hydrogens (tertiary/aromatic N) is 1. The summed E-state index contributed by atoms with van der Waals surface area (Å²) in [5, 5.41) is 27.0. The third kappa shape index (κ3) is 7.56. The first-order valence-corrected chi connectivity index (χ1v) is 7.80. The fraction of sp³-hybridized carbons (Fsp3) is 0.714. The lowest BCUT2D eigenvalue weighted by Gasteiger charge is -2.30. The van der Waals surface area contributed by atoms with E-state index in [1.807, 2.05) is 0 Å². The lowest BCUT2D eigenvalue weighted by atomic mass is 10.0. The zero-order valence-corrected chi connectivity index (χ0v) is 13.8. The molecule has 0 spiro atoms. The lowest BCUT2D eigenvalue weighted by Crippen LogP contribution is -2.59. The molecule has 0 saturated heterocycles. The highest BCUT2D eigenvalue weighted by Gasteiger charge is 2.38. The van der Waals surface area contributed by atoms with Gasteiger partial charge in [0.1, 0.15) is 0 Å². The van der Waals surface area contributed by atoms with Gasteiger partial charge in [-0.15, -0.1) is 0 Å². The number of aliphatic carboxylic acids is 2. The van der Waals surface area contributed by atoms with Crippen LogP contribution in [0, 0.1) is 0 Å². The molecular weight excluding hydrogens is 336 g/mol. The van der Waals surface area contributed by atoms with Gasteiger partial charge >= 0.3 is 11.9 Å². The van der Waals surface area contributed by atoms with Crippen LogP contribution in [0.5, 0.6) is 0 Å². The minimum atomic E-state index is -1.85. The summed E-state index contributed by atoms with van der Waals surface area (Å²) in [6.45, 7) is -0.633. The van der Waals surface area contributed by atoms with E-state index < -0.39 is 54.9 Å². The van der Waals surface area contributed by atoms with Crippen LogP contribution in [0.25, 0.3) is 0 Å². The number of rotatable bonds is 12. The fourth-order valence-electron chi connectivity index (χ4n) is 2.08. The van der Waals surface area contributed by atoms with Gasteiger partial charge in [-0.2, -0.15) is 0 Å². The van der Waals surface area contributed by atoms with E-state index >= 15 is 0 Å². The largest absolute Gasteiger partial charge is 0.481 e. The standard InChI is InChI=1S/C14H26N4O7/c15-6-2-1-3-8(16)12(22)18(10(7-19)14(24)25)13(23)9(17)4-5-11(20)21/h8-10,19H,1-7,15-17H2,(H,20,21)(H,24,25)/t8-,9-,10-/m0/s1. The molecule has 0 heterocycles. The minimum absolute atomic E-state index is 0.169. The van der Waals surface area contributed by atoms with E-state index in [0.717, 1.165) is 0 Å². The third-order valence-corrected chi connectivity index (χ3v) is 3.52. The van der Waals surface area contributed by atoms with Crippen LogP contribution in [0.3, 0.4) is 0 Å². The first-order chi connectivity index (χ1) is 11.7. The molecule has 0 saturated carbocycles. The van der Waals surface area contributed by atoms with Crippen molar-refractivity contribution in [2.45, 2.75) is 50.2 Å². The second-order valence-electron chi connectivity index (χ2n) is 5.51. The Hall–Kier alpha value is -2.08. The van der Waals surface area contributed by atoms with E-state index in [9.17, 15) is 24.3 Å². The highest BCUT2D eigenvalue weighted by atomic mass is 16.4. The Morgan fingerprint density at radius 2 is 1.44 bits per heavy atom. The third-order valence-electron chi connectivity index (χ3n) is 3.52. The molecule has 0 unspecified atom stereocenters. The summed E-state index contributed by atoms with van der Waals surface area (Å²) in [6, 6.07) is -4.43. The van der Waals surface area contributed by atoms with Gasteiger partial charge in [0, 0.05) is 6.42 Å². The van der Waals surface area contributed by atoms with Crippen LogP contribution < -0.4 is 17.2 Å². The van der Waals surface area contributed by atoms with E-state index in [-0.39, 0.29) is 12.8 Å². The van der Waals surface area contributed by atoms with Crippen molar-refractivity contribution in [3.8, 4) is 0 Å². The Morgan fingerprint density at radius 1 is 0.920 bits per heavy atom. The van der Waals surface area contributed by atoms with E-state index in [1.165, 1.54) is 0 Å². The lowest BCUT2D eigenvalue weighted by molar-refractivity contribution is -0.161. The average Bonchev–Trinajstić information content (AvgIpc) is 2.55. The van der Waals surface area contributed by atoms with E-state index in [0.29, 0.717) is 24.3 Å². The Morgan fingerprint density at radius 3 is 1.84 bits per heavy atom.